The van der Waals surface area contributed by atoms with E-state index in [1.165, 1.54) is 5.56 Å². The number of fused-ring (bicyclic) bond motifs is 2. The number of hydrogen-bond acceptors (Lipinski definition) is 2. The van der Waals surface area contributed by atoms with Gasteiger partial charge in [-0.15, -0.1) is 0 Å². The molecule has 1 aliphatic carbocycles. The molecule has 0 saturated heterocycles. The molecular weight excluding hydrogens is 284 g/mol. The molecule has 3 heteroatoms. The van der Waals surface area contributed by atoms with E-state index in [0.29, 0.717) is 5.56 Å². The summed E-state index contributed by atoms with van der Waals surface area (Å²) in [5.74, 6) is -0.0704. The zero-order valence-electron chi connectivity index (χ0n) is 12.7. The molecule has 0 heterocycles. The lowest BCUT2D eigenvalue weighted by molar-refractivity contribution is 0.0934. The fourth-order valence-corrected chi connectivity index (χ4v) is 3.45. The van der Waals surface area contributed by atoms with Crippen LogP contribution in [0.15, 0.2) is 66.7 Å². The van der Waals surface area contributed by atoms with Crippen LogP contribution in [0.25, 0.3) is 10.8 Å². The van der Waals surface area contributed by atoms with E-state index in [1.54, 1.807) is 0 Å². The van der Waals surface area contributed by atoms with E-state index in [-0.39, 0.29) is 18.0 Å². The third-order valence-corrected chi connectivity index (χ3v) is 4.59. The molecule has 1 aliphatic rings. The van der Waals surface area contributed by atoms with Gasteiger partial charge in [-0.3, -0.25) is 4.79 Å². The topological polar surface area (TPSA) is 55.1 Å². The molecular formula is C20H18N2O. The maximum atomic E-state index is 12.8. The van der Waals surface area contributed by atoms with Crippen molar-refractivity contribution in [1.82, 2.24) is 5.32 Å². The van der Waals surface area contributed by atoms with Crippen LogP contribution in [0, 0.1) is 0 Å². The van der Waals surface area contributed by atoms with Gasteiger partial charge in [0, 0.05) is 11.6 Å². The van der Waals surface area contributed by atoms with E-state index in [1.807, 2.05) is 54.6 Å². The molecule has 23 heavy (non-hydrogen) atoms. The molecule has 114 valence electrons. The van der Waals surface area contributed by atoms with Gasteiger partial charge in [0.05, 0.1) is 6.04 Å². The highest BCUT2D eigenvalue weighted by Crippen LogP contribution is 2.30. The Morgan fingerprint density at radius 3 is 2.61 bits per heavy atom. The van der Waals surface area contributed by atoms with Crippen molar-refractivity contribution in [3.05, 3.63) is 83.4 Å². The maximum absolute atomic E-state index is 12.8. The van der Waals surface area contributed by atoms with E-state index in [0.717, 1.165) is 22.8 Å². The second-order valence-corrected chi connectivity index (χ2v) is 6.04. The summed E-state index contributed by atoms with van der Waals surface area (Å²) < 4.78 is 0. The summed E-state index contributed by atoms with van der Waals surface area (Å²) in [4.78, 5) is 12.8. The average molecular weight is 302 g/mol. The van der Waals surface area contributed by atoms with E-state index < -0.39 is 0 Å². The van der Waals surface area contributed by atoms with Crippen molar-refractivity contribution in [2.24, 2.45) is 5.73 Å². The third kappa shape index (κ3) is 2.39. The quantitative estimate of drug-likeness (QED) is 0.764. The smallest absolute Gasteiger partial charge is 0.252 e. The predicted molar refractivity (Wildman–Crippen MR) is 92.3 cm³/mol. The van der Waals surface area contributed by atoms with Crippen LogP contribution < -0.4 is 11.1 Å². The Kier molecular flexibility index (Phi) is 3.36. The molecule has 3 aromatic carbocycles. The van der Waals surface area contributed by atoms with Crippen molar-refractivity contribution in [2.75, 3.05) is 0 Å². The lowest BCUT2D eigenvalue weighted by Gasteiger charge is -2.19. The van der Waals surface area contributed by atoms with E-state index in [2.05, 4.69) is 17.4 Å². The van der Waals surface area contributed by atoms with Gasteiger partial charge in [-0.05, 0) is 34.4 Å². The molecule has 0 aromatic heterocycles. The molecule has 3 nitrogen and oxygen atoms in total. The summed E-state index contributed by atoms with van der Waals surface area (Å²) in [5, 5.41) is 5.16. The predicted octanol–water partition coefficient (Wildman–Crippen LogP) is 3.19. The van der Waals surface area contributed by atoms with E-state index in [9.17, 15) is 4.79 Å². The van der Waals surface area contributed by atoms with Crippen LogP contribution >= 0.6 is 0 Å². The maximum Gasteiger partial charge on any atom is 0.252 e. The van der Waals surface area contributed by atoms with E-state index >= 15 is 0 Å². The molecule has 0 aliphatic heterocycles. The summed E-state index contributed by atoms with van der Waals surface area (Å²) >= 11 is 0. The van der Waals surface area contributed by atoms with Gasteiger partial charge in [-0.25, -0.2) is 0 Å². The normalized spacial score (nSPS) is 19.5. The molecule has 3 N–H and O–H groups in total. The zero-order valence-corrected chi connectivity index (χ0v) is 12.7. The van der Waals surface area contributed by atoms with Gasteiger partial charge in [-0.2, -0.15) is 0 Å². The molecule has 2 atom stereocenters. The molecule has 0 fully saturated rings. The lowest BCUT2D eigenvalue weighted by Crippen LogP contribution is -2.38. The van der Waals surface area contributed by atoms with Crippen LogP contribution in [0.5, 0.6) is 0 Å². The molecule has 0 bridgehead atoms. The highest BCUT2D eigenvalue weighted by Gasteiger charge is 2.31. The molecule has 3 aromatic rings. The van der Waals surface area contributed by atoms with E-state index in [4.69, 9.17) is 5.73 Å². The fourth-order valence-electron chi connectivity index (χ4n) is 3.45. The SMILES string of the molecule is N[C@@H]1Cc2ccccc2[C@H]1NC(=O)c1cccc2ccccc12. The number of rotatable bonds is 2. The number of nitrogens with one attached hydrogen (secondary N) is 1. The van der Waals surface area contributed by atoms with Gasteiger partial charge in [0.15, 0.2) is 0 Å². The Hall–Kier alpha value is -2.65. The highest BCUT2D eigenvalue weighted by atomic mass is 16.1. The van der Waals surface area contributed by atoms with Crippen LogP contribution in [-0.2, 0) is 6.42 Å². The Morgan fingerprint density at radius 1 is 0.957 bits per heavy atom. The van der Waals surface area contributed by atoms with Crippen LogP contribution in [-0.4, -0.2) is 11.9 Å². The minimum Gasteiger partial charge on any atom is -0.344 e. The summed E-state index contributed by atoms with van der Waals surface area (Å²) in [6.07, 6.45) is 0.802. The Bertz CT molecular complexity index is 882. The molecule has 4 rings (SSSR count). The Morgan fingerprint density at radius 2 is 1.70 bits per heavy atom. The first-order chi connectivity index (χ1) is 11.2. The van der Waals surface area contributed by atoms with Crippen molar-refractivity contribution in [3.63, 3.8) is 0 Å². The van der Waals surface area contributed by atoms with Crippen LogP contribution in [0.4, 0.5) is 0 Å². The number of carbonyl (C=O) groups is 1. The van der Waals surface area contributed by atoms with Crippen molar-refractivity contribution < 1.29 is 4.79 Å². The number of carbonyl (C=O) groups excluding carboxylic acids is 1. The van der Waals surface area contributed by atoms with Crippen molar-refractivity contribution in [3.8, 4) is 0 Å². The molecule has 0 saturated carbocycles. The molecule has 1 amide bonds. The highest BCUT2D eigenvalue weighted by molar-refractivity contribution is 6.07. The summed E-state index contributed by atoms with van der Waals surface area (Å²) in [6.45, 7) is 0. The number of benzene rings is 3. The first kappa shape index (κ1) is 14.0. The van der Waals surface area contributed by atoms with Gasteiger partial charge in [0.25, 0.3) is 5.91 Å². The lowest BCUT2D eigenvalue weighted by atomic mass is 10.0. The van der Waals surface area contributed by atoms with Crippen molar-refractivity contribution >= 4 is 16.7 Å². The third-order valence-electron chi connectivity index (χ3n) is 4.59. The van der Waals surface area contributed by atoms with Crippen LogP contribution in [0.1, 0.15) is 27.5 Å². The average Bonchev–Trinajstić information content (AvgIpc) is 2.90. The zero-order chi connectivity index (χ0) is 15.8. The molecule has 0 spiro atoms. The van der Waals surface area contributed by atoms with Crippen molar-refractivity contribution in [1.29, 1.82) is 0 Å². The number of nitrogens with two attached hydrogens (primary N) is 1. The first-order valence-electron chi connectivity index (χ1n) is 7.86. The number of amides is 1. The van der Waals surface area contributed by atoms with Crippen LogP contribution in [0.3, 0.4) is 0 Å². The fraction of sp³-hybridized carbons (Fsp3) is 0.150. The van der Waals surface area contributed by atoms with Gasteiger partial charge in [-0.1, -0.05) is 60.7 Å². The Balaban J connectivity index is 1.68. The minimum atomic E-state index is -0.127. The van der Waals surface area contributed by atoms with Gasteiger partial charge in [0.1, 0.15) is 0 Å². The van der Waals surface area contributed by atoms with Gasteiger partial charge in [0.2, 0.25) is 0 Å². The second-order valence-electron chi connectivity index (χ2n) is 6.04. The Labute approximate surface area is 135 Å². The number of hydrogen-bond donors (Lipinski definition) is 2. The summed E-state index contributed by atoms with van der Waals surface area (Å²) in [6, 6.07) is 21.7. The monoisotopic (exact) mass is 302 g/mol. The second kappa shape index (κ2) is 5.52. The molecule has 0 unspecified atom stereocenters. The largest absolute Gasteiger partial charge is 0.344 e. The standard InChI is InChI=1S/C20H18N2O/c21-18-12-14-7-2-4-10-16(14)19(18)22-20(23)17-11-5-8-13-6-1-3-9-15(13)17/h1-11,18-19H,12,21H2,(H,22,23)/t18-,19-/m1/s1. The first-order valence-corrected chi connectivity index (χ1v) is 7.86. The van der Waals surface area contributed by atoms with Crippen molar-refractivity contribution in [2.45, 2.75) is 18.5 Å². The summed E-state index contributed by atoms with van der Waals surface area (Å²) in [5.41, 5.74) is 9.31. The van der Waals surface area contributed by atoms with Gasteiger partial charge < -0.3 is 11.1 Å². The minimum absolute atomic E-state index is 0.0704. The summed E-state index contributed by atoms with van der Waals surface area (Å²) in [7, 11) is 0. The van der Waals surface area contributed by atoms with Crippen LogP contribution in [0.2, 0.25) is 0 Å². The molecule has 0 radical (unpaired) electrons. The van der Waals surface area contributed by atoms with Gasteiger partial charge >= 0.3 is 0 Å².